The first kappa shape index (κ1) is 34.9. The van der Waals surface area contributed by atoms with E-state index in [1.807, 2.05) is 34.8 Å². The highest BCUT2D eigenvalue weighted by Crippen LogP contribution is 2.45. The molecule has 272 valence electrons. The molecule has 0 N–H and O–H groups in total. The van der Waals surface area contributed by atoms with E-state index >= 15 is 0 Å². The molecule has 10 aromatic rings. The Bertz CT molecular complexity index is 2880. The molecule has 0 aliphatic heterocycles. The minimum atomic E-state index is -0.741. The molecule has 2 nitrogen and oxygen atoms in total. The number of anilines is 6. The van der Waals surface area contributed by atoms with Gasteiger partial charge in [0.15, 0.2) is 0 Å². The van der Waals surface area contributed by atoms with E-state index in [1.165, 1.54) is 73.5 Å². The number of thiophene rings is 2. The lowest BCUT2D eigenvalue weighted by atomic mass is 10.1. The third kappa shape index (κ3) is 6.66. The summed E-state index contributed by atoms with van der Waals surface area (Å²) in [7, 11) is -0.741. The van der Waals surface area contributed by atoms with Gasteiger partial charge in [0.1, 0.15) is 10.0 Å². The summed E-state index contributed by atoms with van der Waals surface area (Å²) in [5, 5.41) is 12.8. The number of hydrogen-bond acceptors (Lipinski definition) is 4. The Balaban J connectivity index is 0.996. The maximum atomic E-state index is 3.98. The van der Waals surface area contributed by atoms with Gasteiger partial charge in [-0.15, -0.1) is 22.7 Å². The second-order valence-corrected chi connectivity index (χ2v) is 18.5. The zero-order chi connectivity index (χ0) is 38.3. The van der Waals surface area contributed by atoms with Crippen LogP contribution in [0.1, 0.15) is 11.1 Å². The number of hydrogen-bond donors (Lipinski definition) is 0. The maximum absolute atomic E-state index is 3.98. The highest BCUT2D eigenvalue weighted by Gasteiger charge is 2.20. The van der Waals surface area contributed by atoms with Crippen LogP contribution in [0.4, 0.5) is 32.8 Å². The van der Waals surface area contributed by atoms with Crippen molar-refractivity contribution in [3.8, 4) is 0 Å². The summed E-state index contributed by atoms with van der Waals surface area (Å²) in [6.07, 6.45) is 3.80. The van der Waals surface area contributed by atoms with Gasteiger partial charge in [0.2, 0.25) is 0 Å². The van der Waals surface area contributed by atoms with Crippen LogP contribution < -0.4 is 20.2 Å². The molecule has 2 heterocycles. The molecular formula is C52H38N2S2Si. The topological polar surface area (TPSA) is 6.48 Å². The second kappa shape index (κ2) is 14.9. The number of benzene rings is 8. The fourth-order valence-corrected chi connectivity index (χ4v) is 11.7. The summed E-state index contributed by atoms with van der Waals surface area (Å²) in [4.78, 5) is 4.82. The molecule has 0 unspecified atom stereocenters. The number of nitrogens with zero attached hydrogens (tertiary/aromatic N) is 2. The molecule has 5 heteroatoms. The van der Waals surface area contributed by atoms with Gasteiger partial charge in [-0.25, -0.2) is 0 Å². The molecule has 0 spiro atoms. The van der Waals surface area contributed by atoms with Gasteiger partial charge in [0.25, 0.3) is 0 Å². The minimum Gasteiger partial charge on any atom is -0.301 e. The van der Waals surface area contributed by atoms with E-state index in [1.54, 1.807) is 0 Å². The van der Waals surface area contributed by atoms with Crippen LogP contribution >= 0.6 is 22.7 Å². The van der Waals surface area contributed by atoms with Gasteiger partial charge in [-0.05, 0) is 93.3 Å². The summed E-state index contributed by atoms with van der Waals surface area (Å²) in [5.41, 5.74) is 6.84. The Hall–Kier alpha value is -6.50. The molecule has 0 saturated heterocycles. The first-order valence-electron chi connectivity index (χ1n) is 19.2. The van der Waals surface area contributed by atoms with Crippen molar-refractivity contribution < 1.29 is 0 Å². The van der Waals surface area contributed by atoms with Gasteiger partial charge < -0.3 is 9.80 Å². The van der Waals surface area contributed by atoms with E-state index in [9.17, 15) is 0 Å². The Kier molecular flexibility index (Phi) is 9.11. The average Bonchev–Trinajstić information content (AvgIpc) is 3.88. The van der Waals surface area contributed by atoms with E-state index < -0.39 is 9.52 Å². The van der Waals surface area contributed by atoms with E-state index in [4.69, 9.17) is 0 Å². The third-order valence-electron chi connectivity index (χ3n) is 10.8. The lowest BCUT2D eigenvalue weighted by molar-refractivity contribution is 1.33. The van der Waals surface area contributed by atoms with Crippen molar-refractivity contribution in [1.29, 1.82) is 0 Å². The standard InChI is InChI=1S/C52H38N2S2Si/c1-3-35-19-23-41(24-20-35)53(47-17-9-13-37-11-5-7-15-45(37)47)51-33-39-31-43(27-29-49(39)55-51)57-44-28-30-50-40(32-44)34-52(56-50)54(42-25-21-36(4-2)22-26-42)48-18-10-14-38-12-6-8-16-46(38)48/h3-34H,1-2,57H2. The van der Waals surface area contributed by atoms with Gasteiger partial charge in [-0.2, -0.15) is 0 Å². The SMILES string of the molecule is C=Cc1ccc(N(c2cc3cc([SiH2]c4ccc5sc(N(c6ccc(C=C)cc6)c6cccc7ccccc67)cc5c4)ccc3s2)c2cccc3ccccc23)cc1. The predicted octanol–water partition coefficient (Wildman–Crippen LogP) is 13.8. The molecule has 10 rings (SSSR count). The number of rotatable bonds is 10. The molecule has 0 fully saturated rings. The zero-order valence-corrected chi connectivity index (χ0v) is 34.4. The van der Waals surface area contributed by atoms with Crippen molar-refractivity contribution in [2.24, 2.45) is 0 Å². The fourth-order valence-electron chi connectivity index (χ4n) is 7.93. The van der Waals surface area contributed by atoms with Gasteiger partial charge in [-0.1, -0.05) is 157 Å². The van der Waals surface area contributed by atoms with Crippen LogP contribution in [-0.2, 0) is 0 Å². The molecule has 0 aliphatic carbocycles. The molecule has 0 saturated carbocycles. The summed E-state index contributed by atoms with van der Waals surface area (Å²) in [6, 6.07) is 66.9. The zero-order valence-electron chi connectivity index (χ0n) is 31.3. The lowest BCUT2D eigenvalue weighted by Crippen LogP contribution is -2.26. The fraction of sp³-hybridized carbons (Fsp3) is 0. The Morgan fingerprint density at radius 1 is 0.404 bits per heavy atom. The van der Waals surface area contributed by atoms with Crippen molar-refractivity contribution in [1.82, 2.24) is 0 Å². The van der Waals surface area contributed by atoms with Gasteiger partial charge >= 0.3 is 0 Å². The third-order valence-corrected chi connectivity index (χ3v) is 14.7. The minimum absolute atomic E-state index is 0.741. The van der Waals surface area contributed by atoms with Crippen molar-refractivity contribution in [3.63, 3.8) is 0 Å². The first-order chi connectivity index (χ1) is 28.1. The van der Waals surface area contributed by atoms with E-state index in [0.29, 0.717) is 0 Å². The molecule has 0 atom stereocenters. The molecule has 8 aromatic carbocycles. The number of fused-ring (bicyclic) bond motifs is 4. The Labute approximate surface area is 343 Å². The van der Waals surface area contributed by atoms with Crippen LogP contribution in [0.3, 0.4) is 0 Å². The highest BCUT2D eigenvalue weighted by atomic mass is 32.1. The Morgan fingerprint density at radius 3 is 1.26 bits per heavy atom. The molecular weight excluding hydrogens is 745 g/mol. The summed E-state index contributed by atoms with van der Waals surface area (Å²) < 4.78 is 2.59. The van der Waals surface area contributed by atoms with Gasteiger partial charge in [0, 0.05) is 31.5 Å². The molecule has 0 bridgehead atoms. The van der Waals surface area contributed by atoms with Crippen LogP contribution in [0.2, 0.25) is 0 Å². The lowest BCUT2D eigenvalue weighted by Gasteiger charge is -2.25. The van der Waals surface area contributed by atoms with Gasteiger partial charge in [0.05, 0.1) is 20.9 Å². The van der Waals surface area contributed by atoms with Crippen LogP contribution in [0, 0.1) is 0 Å². The monoisotopic (exact) mass is 782 g/mol. The smallest absolute Gasteiger partial charge is 0.101 e. The quantitative estimate of drug-likeness (QED) is 0.128. The predicted molar refractivity (Wildman–Crippen MR) is 256 cm³/mol. The van der Waals surface area contributed by atoms with E-state index in [2.05, 4.69) is 205 Å². The molecule has 57 heavy (non-hydrogen) atoms. The van der Waals surface area contributed by atoms with Gasteiger partial charge in [-0.3, -0.25) is 0 Å². The molecule has 0 amide bonds. The largest absolute Gasteiger partial charge is 0.301 e. The highest BCUT2D eigenvalue weighted by molar-refractivity contribution is 7.23. The van der Waals surface area contributed by atoms with E-state index in [-0.39, 0.29) is 0 Å². The summed E-state index contributed by atoms with van der Waals surface area (Å²) in [5.74, 6) is 0. The van der Waals surface area contributed by atoms with Crippen LogP contribution in [0.5, 0.6) is 0 Å². The maximum Gasteiger partial charge on any atom is 0.101 e. The van der Waals surface area contributed by atoms with E-state index in [0.717, 1.165) is 22.5 Å². The van der Waals surface area contributed by atoms with Crippen molar-refractivity contribution >= 4 is 129 Å². The van der Waals surface area contributed by atoms with Crippen LogP contribution in [-0.4, -0.2) is 9.52 Å². The summed E-state index contributed by atoms with van der Waals surface area (Å²) in [6.45, 7) is 7.95. The van der Waals surface area contributed by atoms with Crippen LogP contribution in [0.25, 0.3) is 53.9 Å². The molecule has 2 aromatic heterocycles. The van der Waals surface area contributed by atoms with Crippen molar-refractivity contribution in [2.45, 2.75) is 0 Å². The molecule has 0 radical (unpaired) electrons. The first-order valence-corrected chi connectivity index (χ1v) is 22.2. The normalized spacial score (nSPS) is 11.4. The van der Waals surface area contributed by atoms with Crippen LogP contribution in [0.15, 0.2) is 195 Å². The second-order valence-electron chi connectivity index (χ2n) is 14.3. The molecule has 0 aliphatic rings. The average molecular weight is 783 g/mol. The summed E-state index contributed by atoms with van der Waals surface area (Å²) >= 11 is 3.70. The van der Waals surface area contributed by atoms with Crippen molar-refractivity contribution in [2.75, 3.05) is 9.80 Å². The van der Waals surface area contributed by atoms with Crippen molar-refractivity contribution in [3.05, 3.63) is 206 Å². The Morgan fingerprint density at radius 2 is 0.825 bits per heavy atom.